The lowest BCUT2D eigenvalue weighted by Crippen LogP contribution is -2.25. The molecule has 1 aromatic carbocycles. The number of aromatic nitrogens is 3. The van der Waals surface area contributed by atoms with Crippen molar-refractivity contribution in [2.24, 2.45) is 0 Å². The average molecular weight is 457 g/mol. The van der Waals surface area contributed by atoms with Gasteiger partial charge in [0.2, 0.25) is 5.95 Å². The van der Waals surface area contributed by atoms with Crippen molar-refractivity contribution in [3.05, 3.63) is 58.0 Å². The van der Waals surface area contributed by atoms with Gasteiger partial charge in [0, 0.05) is 43.8 Å². The second-order valence-electron chi connectivity index (χ2n) is 7.18. The minimum Gasteiger partial charge on any atom is -0.396 e. The number of pyridine rings is 1. The predicted octanol–water partition coefficient (Wildman–Crippen LogP) is 1.10. The normalized spacial score (nSPS) is 10.5. The van der Waals surface area contributed by atoms with E-state index >= 15 is 0 Å². The Morgan fingerprint density at radius 2 is 1.79 bits per heavy atom. The number of benzene rings is 1. The van der Waals surface area contributed by atoms with Gasteiger partial charge in [0.15, 0.2) is 5.65 Å². The van der Waals surface area contributed by atoms with Crippen LogP contribution in [0.4, 0.5) is 5.95 Å². The zero-order chi connectivity index (χ0) is 24.2. The molecule has 2 heterocycles. The molecule has 3 aromatic rings. The van der Waals surface area contributed by atoms with E-state index < -0.39 is 0 Å². The van der Waals surface area contributed by atoms with Crippen molar-refractivity contribution >= 4 is 22.9 Å². The van der Waals surface area contributed by atoms with E-state index in [1.54, 1.807) is 37.4 Å². The summed E-state index contributed by atoms with van der Waals surface area (Å²) in [5, 5.41) is 18.2. The molecule has 0 atom stereocenters. The molecule has 2 aromatic heterocycles. The second-order valence-corrected chi connectivity index (χ2v) is 7.18. The van der Waals surface area contributed by atoms with E-state index in [1.807, 2.05) is 21.0 Å². The van der Waals surface area contributed by atoms with E-state index in [0.717, 1.165) is 11.1 Å². The molecule has 0 spiro atoms. The van der Waals surface area contributed by atoms with Crippen LogP contribution in [0.5, 0.6) is 0 Å². The smallest absolute Gasteiger partial charge is 0.256 e. The zero-order valence-corrected chi connectivity index (χ0v) is 19.5. The maximum Gasteiger partial charge on any atom is 0.256 e. The minimum atomic E-state index is -0.233. The van der Waals surface area contributed by atoms with Crippen molar-refractivity contribution in [1.82, 2.24) is 25.2 Å². The maximum atomic E-state index is 12.7. The van der Waals surface area contributed by atoms with Crippen LogP contribution in [0.15, 0.2) is 41.2 Å². The number of carbonyl (C=O) groups is 1. The molecule has 0 saturated carbocycles. The van der Waals surface area contributed by atoms with Crippen LogP contribution < -0.4 is 21.5 Å². The summed E-state index contributed by atoms with van der Waals surface area (Å²) < 4.78 is 6.54. The molecule has 0 radical (unpaired) electrons. The first kappa shape index (κ1) is 25.9. The minimum absolute atomic E-state index is 0.0206. The number of aliphatic hydroxyl groups is 1. The number of ether oxygens (including phenoxy) is 1. The predicted molar refractivity (Wildman–Crippen MR) is 129 cm³/mol. The quantitative estimate of drug-likeness (QED) is 0.352. The Labute approximate surface area is 193 Å². The molecular formula is C23H32N6O4. The average Bonchev–Trinajstić information content (AvgIpc) is 2.80. The van der Waals surface area contributed by atoms with Crippen molar-refractivity contribution in [3.8, 4) is 5.69 Å². The third kappa shape index (κ3) is 7.07. The molecule has 0 saturated heterocycles. The Balaban J connectivity index is 0.00000122. The first-order valence-corrected chi connectivity index (χ1v) is 10.7. The molecule has 10 nitrogen and oxygen atoms in total. The highest BCUT2D eigenvalue weighted by atomic mass is 16.5. The number of rotatable bonds is 9. The van der Waals surface area contributed by atoms with E-state index in [9.17, 15) is 9.59 Å². The third-order valence-corrected chi connectivity index (χ3v) is 4.54. The van der Waals surface area contributed by atoms with Crippen LogP contribution in [-0.2, 0) is 4.74 Å². The molecule has 0 aliphatic heterocycles. The summed E-state index contributed by atoms with van der Waals surface area (Å²) in [7, 11) is 5.36. The number of hydrogen-bond acceptors (Lipinski definition) is 8. The number of fused-ring (bicyclic) bond motifs is 1. The number of nitrogens with zero attached hydrogens (tertiary/aromatic N) is 3. The van der Waals surface area contributed by atoms with Gasteiger partial charge in [-0.2, -0.15) is 4.98 Å². The molecule has 0 unspecified atom stereocenters. The first-order valence-electron chi connectivity index (χ1n) is 10.7. The molecule has 0 aliphatic carbocycles. The van der Waals surface area contributed by atoms with Crippen LogP contribution in [0, 0.1) is 6.92 Å². The fraction of sp³-hybridized carbons (Fsp3) is 0.391. The van der Waals surface area contributed by atoms with E-state index in [1.165, 1.54) is 10.6 Å². The number of aliphatic hydroxyl groups excluding tert-OH is 1. The Hall–Kier alpha value is -3.34. The molecule has 178 valence electrons. The fourth-order valence-electron chi connectivity index (χ4n) is 3.00. The number of aryl methyl sites for hydroxylation is 1. The zero-order valence-electron chi connectivity index (χ0n) is 19.5. The molecule has 0 fully saturated rings. The lowest BCUT2D eigenvalue weighted by molar-refractivity contribution is 0.0951. The van der Waals surface area contributed by atoms with Crippen LogP contribution in [0.25, 0.3) is 16.7 Å². The van der Waals surface area contributed by atoms with Gasteiger partial charge in [-0.05, 0) is 57.8 Å². The highest BCUT2D eigenvalue weighted by molar-refractivity contribution is 5.94. The Kier molecular flexibility index (Phi) is 10.4. The van der Waals surface area contributed by atoms with E-state index in [2.05, 4.69) is 25.9 Å². The van der Waals surface area contributed by atoms with Crippen LogP contribution in [0.1, 0.15) is 22.5 Å². The van der Waals surface area contributed by atoms with E-state index in [0.29, 0.717) is 49.0 Å². The summed E-state index contributed by atoms with van der Waals surface area (Å²) in [5.74, 6) is 0.180. The summed E-state index contributed by atoms with van der Waals surface area (Å²) in [5.41, 5.74) is 2.06. The highest BCUT2D eigenvalue weighted by Gasteiger charge is 2.12. The van der Waals surface area contributed by atoms with Crippen molar-refractivity contribution in [3.63, 3.8) is 0 Å². The van der Waals surface area contributed by atoms with E-state index in [4.69, 9.17) is 9.84 Å². The van der Waals surface area contributed by atoms with Gasteiger partial charge in [-0.1, -0.05) is 0 Å². The Morgan fingerprint density at radius 1 is 1.09 bits per heavy atom. The summed E-state index contributed by atoms with van der Waals surface area (Å²) in [4.78, 5) is 33.8. The summed E-state index contributed by atoms with van der Waals surface area (Å²) in [6.45, 7) is 3.32. The largest absolute Gasteiger partial charge is 0.396 e. The number of methoxy groups -OCH3 is 1. The van der Waals surface area contributed by atoms with Crippen LogP contribution >= 0.6 is 0 Å². The van der Waals surface area contributed by atoms with Gasteiger partial charge in [-0.15, -0.1) is 0 Å². The monoisotopic (exact) mass is 456 g/mol. The summed E-state index contributed by atoms with van der Waals surface area (Å²) >= 11 is 0. The topological polar surface area (TPSA) is 130 Å². The standard InChI is InChI=1S/C21H25N5O4.C2H7N/c1-14-17-8-9-18(28)26(19(17)25-21(24-14)23-11-13-30-2)16-6-4-15(5-7-16)20(29)22-10-3-12-27;1-3-2/h4-9,27H,3,10-13H2,1-2H3,(H,22,29)(H,23,24,25);3H,1-2H3. The number of hydrogen-bond donors (Lipinski definition) is 4. The molecule has 4 N–H and O–H groups in total. The number of carbonyl (C=O) groups excluding carboxylic acids is 1. The summed E-state index contributed by atoms with van der Waals surface area (Å²) in [6.07, 6.45) is 0.495. The van der Waals surface area contributed by atoms with E-state index in [-0.39, 0.29) is 18.1 Å². The van der Waals surface area contributed by atoms with Crippen molar-refractivity contribution in [2.45, 2.75) is 13.3 Å². The first-order chi connectivity index (χ1) is 16.0. The maximum absolute atomic E-state index is 12.7. The number of anilines is 1. The van der Waals surface area contributed by atoms with Crippen LogP contribution in [-0.4, -0.2) is 73.1 Å². The number of amides is 1. The SMILES string of the molecule is CNC.COCCNc1nc(C)c2ccc(=O)n(-c3ccc(C(=O)NCCCO)cc3)c2n1. The van der Waals surface area contributed by atoms with Crippen molar-refractivity contribution in [1.29, 1.82) is 0 Å². The molecule has 33 heavy (non-hydrogen) atoms. The Morgan fingerprint density at radius 3 is 2.42 bits per heavy atom. The lowest BCUT2D eigenvalue weighted by Gasteiger charge is -2.13. The molecule has 1 amide bonds. The second kappa shape index (κ2) is 13.3. The van der Waals surface area contributed by atoms with Crippen LogP contribution in [0.2, 0.25) is 0 Å². The Bertz CT molecular complexity index is 1100. The van der Waals surface area contributed by atoms with Gasteiger partial charge in [0.05, 0.1) is 18.0 Å². The van der Waals surface area contributed by atoms with Crippen molar-refractivity contribution in [2.75, 3.05) is 52.8 Å². The third-order valence-electron chi connectivity index (χ3n) is 4.54. The highest BCUT2D eigenvalue weighted by Crippen LogP contribution is 2.19. The van der Waals surface area contributed by atoms with Crippen LogP contribution in [0.3, 0.4) is 0 Å². The van der Waals surface area contributed by atoms with Gasteiger partial charge in [0.1, 0.15) is 0 Å². The van der Waals surface area contributed by atoms with Gasteiger partial charge in [-0.3, -0.25) is 14.2 Å². The molecule has 0 bridgehead atoms. The molecule has 3 rings (SSSR count). The van der Waals surface area contributed by atoms with Gasteiger partial charge >= 0.3 is 0 Å². The van der Waals surface area contributed by atoms with Gasteiger partial charge in [0.25, 0.3) is 11.5 Å². The van der Waals surface area contributed by atoms with Crippen molar-refractivity contribution < 1.29 is 14.6 Å². The lowest BCUT2D eigenvalue weighted by atomic mass is 10.1. The van der Waals surface area contributed by atoms with Gasteiger partial charge < -0.3 is 25.8 Å². The fourth-order valence-corrected chi connectivity index (χ4v) is 3.00. The molecular weight excluding hydrogens is 424 g/mol. The van der Waals surface area contributed by atoms with Gasteiger partial charge in [-0.25, -0.2) is 4.98 Å². The summed E-state index contributed by atoms with van der Waals surface area (Å²) in [6, 6.07) is 9.91. The molecule has 0 aliphatic rings. The number of nitrogens with one attached hydrogen (secondary N) is 3. The molecule has 10 heteroatoms.